The summed E-state index contributed by atoms with van der Waals surface area (Å²) in [5.74, 6) is 1.72. The Morgan fingerprint density at radius 3 is 2.91 bits per heavy atom. The number of anilines is 1. The van der Waals surface area contributed by atoms with Crippen LogP contribution >= 0.6 is 11.3 Å². The van der Waals surface area contributed by atoms with E-state index in [9.17, 15) is 9.59 Å². The largest absolute Gasteiger partial charge is 0.497 e. The van der Waals surface area contributed by atoms with E-state index >= 15 is 0 Å². The van der Waals surface area contributed by atoms with Crippen molar-refractivity contribution in [2.75, 3.05) is 32.6 Å². The summed E-state index contributed by atoms with van der Waals surface area (Å²) in [6, 6.07) is 8.75. The molecule has 1 saturated heterocycles. The molecular weight excluding hydrogens is 444 g/mol. The Hall–Kier alpha value is -3.37. The SMILES string of the molecule is COc1ccc(-c2csc(NC(=O)CN3CCCC3C(=O)NCc3ccco3)n2)c(OC)c1. The first kappa shape index (κ1) is 22.8. The molecule has 9 nitrogen and oxygen atoms in total. The van der Waals surface area contributed by atoms with Crippen LogP contribution in [0.25, 0.3) is 11.3 Å². The Labute approximate surface area is 195 Å². The average molecular weight is 471 g/mol. The van der Waals surface area contributed by atoms with E-state index in [1.807, 2.05) is 28.5 Å². The van der Waals surface area contributed by atoms with E-state index in [4.69, 9.17) is 13.9 Å². The van der Waals surface area contributed by atoms with Crippen molar-refractivity contribution >= 4 is 28.3 Å². The van der Waals surface area contributed by atoms with Crippen molar-refractivity contribution < 1.29 is 23.5 Å². The normalized spacial score (nSPS) is 15.9. The number of likely N-dealkylation sites (tertiary alicyclic amines) is 1. The van der Waals surface area contributed by atoms with E-state index in [2.05, 4.69) is 15.6 Å². The third kappa shape index (κ3) is 5.52. The van der Waals surface area contributed by atoms with Gasteiger partial charge in [0, 0.05) is 17.0 Å². The highest BCUT2D eigenvalue weighted by molar-refractivity contribution is 7.14. The summed E-state index contributed by atoms with van der Waals surface area (Å²) in [5.41, 5.74) is 1.51. The molecule has 1 aromatic carbocycles. The molecule has 1 fully saturated rings. The number of hydrogen-bond donors (Lipinski definition) is 2. The average Bonchev–Trinajstić information content (AvgIpc) is 3.59. The highest BCUT2D eigenvalue weighted by Crippen LogP contribution is 2.34. The van der Waals surface area contributed by atoms with E-state index in [1.165, 1.54) is 11.3 Å². The minimum absolute atomic E-state index is 0.0974. The van der Waals surface area contributed by atoms with E-state index in [-0.39, 0.29) is 24.4 Å². The van der Waals surface area contributed by atoms with Gasteiger partial charge in [-0.25, -0.2) is 4.98 Å². The Morgan fingerprint density at radius 2 is 2.15 bits per heavy atom. The number of methoxy groups -OCH3 is 2. The molecule has 174 valence electrons. The number of nitrogens with zero attached hydrogens (tertiary/aromatic N) is 2. The first-order valence-electron chi connectivity index (χ1n) is 10.6. The Kier molecular flexibility index (Phi) is 7.26. The lowest BCUT2D eigenvalue weighted by atomic mass is 10.1. The lowest BCUT2D eigenvalue weighted by molar-refractivity contribution is -0.126. The van der Waals surface area contributed by atoms with Gasteiger partial charge in [0.15, 0.2) is 5.13 Å². The number of thiazole rings is 1. The maximum Gasteiger partial charge on any atom is 0.240 e. The van der Waals surface area contributed by atoms with Crippen molar-refractivity contribution in [2.45, 2.75) is 25.4 Å². The maximum absolute atomic E-state index is 12.7. The molecule has 4 rings (SSSR count). The van der Waals surface area contributed by atoms with Crippen molar-refractivity contribution in [3.63, 3.8) is 0 Å². The molecule has 0 saturated carbocycles. The molecule has 1 aliphatic heterocycles. The zero-order valence-electron chi connectivity index (χ0n) is 18.5. The number of nitrogens with one attached hydrogen (secondary N) is 2. The number of ether oxygens (including phenoxy) is 2. The van der Waals surface area contributed by atoms with Crippen molar-refractivity contribution in [3.8, 4) is 22.8 Å². The van der Waals surface area contributed by atoms with Gasteiger partial charge in [0.05, 0.1) is 45.3 Å². The Balaban J connectivity index is 1.34. The number of furan rings is 1. The van der Waals surface area contributed by atoms with Crippen LogP contribution in [0.1, 0.15) is 18.6 Å². The molecule has 33 heavy (non-hydrogen) atoms. The van der Waals surface area contributed by atoms with E-state index in [0.717, 1.165) is 18.4 Å². The van der Waals surface area contributed by atoms with Crippen molar-refractivity contribution in [1.29, 1.82) is 0 Å². The van der Waals surface area contributed by atoms with Crippen LogP contribution in [-0.4, -0.2) is 55.0 Å². The molecule has 2 N–H and O–H groups in total. The summed E-state index contributed by atoms with van der Waals surface area (Å²) in [5, 5.41) is 8.08. The molecule has 1 aliphatic rings. The van der Waals surface area contributed by atoms with Crippen LogP contribution in [0.15, 0.2) is 46.4 Å². The monoisotopic (exact) mass is 470 g/mol. The van der Waals surface area contributed by atoms with Crippen molar-refractivity contribution in [1.82, 2.24) is 15.2 Å². The molecule has 0 bridgehead atoms. The summed E-state index contributed by atoms with van der Waals surface area (Å²) in [6.07, 6.45) is 3.16. The van der Waals surface area contributed by atoms with Gasteiger partial charge in [0.2, 0.25) is 11.8 Å². The lowest BCUT2D eigenvalue weighted by Gasteiger charge is -2.22. The molecule has 1 unspecified atom stereocenters. The van der Waals surface area contributed by atoms with Crippen LogP contribution in [0.2, 0.25) is 0 Å². The minimum atomic E-state index is -0.332. The first-order chi connectivity index (χ1) is 16.1. The second kappa shape index (κ2) is 10.5. The molecule has 2 amide bonds. The molecule has 3 aromatic rings. The molecule has 3 heterocycles. The molecule has 1 atom stereocenters. The summed E-state index contributed by atoms with van der Waals surface area (Å²) < 4.78 is 15.9. The Morgan fingerprint density at radius 1 is 1.27 bits per heavy atom. The van der Waals surface area contributed by atoms with Crippen LogP contribution in [0.5, 0.6) is 11.5 Å². The summed E-state index contributed by atoms with van der Waals surface area (Å²) in [6.45, 7) is 1.15. The lowest BCUT2D eigenvalue weighted by Crippen LogP contribution is -2.45. The van der Waals surface area contributed by atoms with Gasteiger partial charge in [0.1, 0.15) is 17.3 Å². The molecule has 0 spiro atoms. The van der Waals surface area contributed by atoms with Crippen LogP contribution in [-0.2, 0) is 16.1 Å². The molecule has 2 aromatic heterocycles. The third-order valence-corrected chi connectivity index (χ3v) is 6.22. The highest BCUT2D eigenvalue weighted by atomic mass is 32.1. The summed E-state index contributed by atoms with van der Waals surface area (Å²) >= 11 is 1.34. The fraction of sp³-hybridized carbons (Fsp3) is 0.348. The number of hydrogen-bond acceptors (Lipinski definition) is 8. The van der Waals surface area contributed by atoms with Gasteiger partial charge in [-0.1, -0.05) is 0 Å². The predicted molar refractivity (Wildman–Crippen MR) is 124 cm³/mol. The second-order valence-electron chi connectivity index (χ2n) is 7.58. The molecule has 10 heteroatoms. The van der Waals surface area contributed by atoms with Gasteiger partial charge < -0.3 is 24.5 Å². The van der Waals surface area contributed by atoms with Gasteiger partial charge in [-0.2, -0.15) is 0 Å². The van der Waals surface area contributed by atoms with E-state index in [1.54, 1.807) is 32.6 Å². The van der Waals surface area contributed by atoms with Crippen LogP contribution in [0, 0.1) is 0 Å². The van der Waals surface area contributed by atoms with E-state index < -0.39 is 0 Å². The molecule has 0 aliphatic carbocycles. The second-order valence-corrected chi connectivity index (χ2v) is 8.44. The number of benzene rings is 1. The van der Waals surface area contributed by atoms with Crippen molar-refractivity contribution in [2.24, 2.45) is 0 Å². The van der Waals surface area contributed by atoms with Gasteiger partial charge >= 0.3 is 0 Å². The summed E-state index contributed by atoms with van der Waals surface area (Å²) in [4.78, 5) is 31.7. The zero-order chi connectivity index (χ0) is 23.2. The van der Waals surface area contributed by atoms with Crippen LogP contribution < -0.4 is 20.1 Å². The van der Waals surface area contributed by atoms with Crippen LogP contribution in [0.3, 0.4) is 0 Å². The maximum atomic E-state index is 12.7. The minimum Gasteiger partial charge on any atom is -0.497 e. The quantitative estimate of drug-likeness (QED) is 0.495. The zero-order valence-corrected chi connectivity index (χ0v) is 19.3. The number of amides is 2. The Bertz CT molecular complexity index is 1100. The topological polar surface area (TPSA) is 106 Å². The highest BCUT2D eigenvalue weighted by Gasteiger charge is 2.32. The summed E-state index contributed by atoms with van der Waals surface area (Å²) in [7, 11) is 3.18. The van der Waals surface area contributed by atoms with Gasteiger partial charge in [-0.05, 0) is 43.7 Å². The molecule has 0 radical (unpaired) electrons. The van der Waals surface area contributed by atoms with Crippen molar-refractivity contribution in [3.05, 3.63) is 47.7 Å². The number of carbonyl (C=O) groups is 2. The number of aromatic nitrogens is 1. The van der Waals surface area contributed by atoms with Gasteiger partial charge in [-0.3, -0.25) is 14.5 Å². The van der Waals surface area contributed by atoms with Gasteiger partial charge in [0.25, 0.3) is 0 Å². The third-order valence-electron chi connectivity index (χ3n) is 5.47. The predicted octanol–water partition coefficient (Wildman–Crippen LogP) is 3.14. The first-order valence-corrected chi connectivity index (χ1v) is 11.5. The molecular formula is C23H26N4O5S. The number of rotatable bonds is 9. The smallest absolute Gasteiger partial charge is 0.240 e. The fourth-order valence-corrected chi connectivity index (χ4v) is 4.55. The van der Waals surface area contributed by atoms with Gasteiger partial charge in [-0.15, -0.1) is 11.3 Å². The fourth-order valence-electron chi connectivity index (χ4n) is 3.83. The van der Waals surface area contributed by atoms with E-state index in [0.29, 0.717) is 41.2 Å². The standard InChI is InChI=1S/C23H26N4O5S/c1-30-15-7-8-17(20(11-15)31-2)18-14-33-23(25-18)26-21(28)13-27-9-3-6-19(27)22(29)24-12-16-5-4-10-32-16/h4-5,7-8,10-11,14,19H,3,6,9,12-13H2,1-2H3,(H,24,29)(H,25,26,28). The number of carbonyl (C=O) groups excluding carboxylic acids is 2. The van der Waals surface area contributed by atoms with Crippen LogP contribution in [0.4, 0.5) is 5.13 Å².